The number of nitrogen functional groups attached to an aromatic ring is 3. The van der Waals surface area contributed by atoms with E-state index in [1.165, 1.54) is 38.9 Å². The van der Waals surface area contributed by atoms with Crippen molar-refractivity contribution in [1.29, 1.82) is 0 Å². The molecule has 0 saturated heterocycles. The van der Waals surface area contributed by atoms with E-state index < -0.39 is 0 Å². The molecule has 0 fully saturated rings. The van der Waals surface area contributed by atoms with Gasteiger partial charge in [-0.3, -0.25) is 0 Å². The standard InChI is InChI=1S/C14H21NO.C13H19NO.C13H17NO.Ar/c1-9-8-11(14(2,3)4)13-10(12(9)15)6-5-7-16-13;2*1-8-7-10(13(2,3)4)12-9(11(8)14)5-6-15-12;/h8H,5-7,15H2,1-4H3;7H,5-6,14H2,1-4H3;5-7H,14H2,1-4H3;. The van der Waals surface area contributed by atoms with Crippen LogP contribution in [0.4, 0.5) is 17.1 Å². The van der Waals surface area contributed by atoms with Gasteiger partial charge in [0, 0.05) is 94.4 Å². The van der Waals surface area contributed by atoms with Gasteiger partial charge >= 0.3 is 0 Å². The van der Waals surface area contributed by atoms with Crippen LogP contribution in [0.3, 0.4) is 0 Å². The molecule has 6 nitrogen and oxygen atoms in total. The Morgan fingerprint density at radius 1 is 0.574 bits per heavy atom. The van der Waals surface area contributed by atoms with E-state index in [1.54, 1.807) is 6.26 Å². The Labute approximate surface area is 313 Å². The van der Waals surface area contributed by atoms with Gasteiger partial charge in [0.2, 0.25) is 0 Å². The maximum Gasteiger partial charge on any atom is 0.139 e. The normalized spacial score (nSPS) is 14.0. The van der Waals surface area contributed by atoms with E-state index in [0.717, 1.165) is 77.6 Å². The van der Waals surface area contributed by atoms with E-state index in [2.05, 4.69) is 94.4 Å². The predicted molar refractivity (Wildman–Crippen MR) is 196 cm³/mol. The quantitative estimate of drug-likeness (QED) is 0.161. The molecule has 1 aromatic heterocycles. The van der Waals surface area contributed by atoms with Gasteiger partial charge in [0.1, 0.15) is 17.1 Å². The van der Waals surface area contributed by atoms with Crippen LogP contribution in [0.25, 0.3) is 11.0 Å². The minimum absolute atomic E-state index is 0. The minimum atomic E-state index is 0. The fourth-order valence-electron chi connectivity index (χ4n) is 6.24. The molecule has 0 radical (unpaired) electrons. The minimum Gasteiger partial charge on any atom is -0.493 e. The van der Waals surface area contributed by atoms with Crippen molar-refractivity contribution in [2.45, 2.75) is 119 Å². The Hall–Kier alpha value is -2.54. The zero-order valence-electron chi connectivity index (χ0n) is 30.7. The van der Waals surface area contributed by atoms with Gasteiger partial charge in [0.05, 0.1) is 19.5 Å². The van der Waals surface area contributed by atoms with Gasteiger partial charge in [-0.2, -0.15) is 0 Å². The number of ether oxygens (including phenoxy) is 2. The molecule has 4 aromatic rings. The summed E-state index contributed by atoms with van der Waals surface area (Å²) in [6, 6.07) is 8.41. The first-order chi connectivity index (χ1) is 21.2. The van der Waals surface area contributed by atoms with Crippen LogP contribution < -0.4 is 26.7 Å². The van der Waals surface area contributed by atoms with Crippen molar-refractivity contribution in [3.8, 4) is 11.5 Å². The number of benzene rings is 3. The van der Waals surface area contributed by atoms with Crippen LogP contribution in [-0.4, -0.2) is 13.2 Å². The molecular weight excluding hydrogens is 610 g/mol. The maximum absolute atomic E-state index is 6.14. The van der Waals surface area contributed by atoms with E-state index in [0.29, 0.717) is 0 Å². The Kier molecular flexibility index (Phi) is 12.0. The van der Waals surface area contributed by atoms with E-state index in [4.69, 9.17) is 31.1 Å². The van der Waals surface area contributed by atoms with Gasteiger partial charge in [0.25, 0.3) is 0 Å². The maximum atomic E-state index is 6.14. The second-order valence-electron chi connectivity index (χ2n) is 16.0. The van der Waals surface area contributed by atoms with E-state index in [1.807, 2.05) is 13.0 Å². The molecule has 0 saturated carbocycles. The molecule has 0 spiro atoms. The summed E-state index contributed by atoms with van der Waals surface area (Å²) in [4.78, 5) is 0. The van der Waals surface area contributed by atoms with Crippen molar-refractivity contribution < 1.29 is 51.6 Å². The van der Waals surface area contributed by atoms with Gasteiger partial charge in [-0.05, 0) is 90.8 Å². The van der Waals surface area contributed by atoms with Crippen molar-refractivity contribution >= 4 is 28.0 Å². The fraction of sp³-hybridized carbons (Fsp3) is 0.500. The number of fused-ring (bicyclic) bond motifs is 3. The smallest absolute Gasteiger partial charge is 0.139 e. The Morgan fingerprint density at radius 2 is 1.00 bits per heavy atom. The summed E-state index contributed by atoms with van der Waals surface area (Å²) in [5.41, 5.74) is 31.8. The summed E-state index contributed by atoms with van der Waals surface area (Å²) in [5, 5.41) is 1.03. The van der Waals surface area contributed by atoms with Crippen molar-refractivity contribution in [2.24, 2.45) is 0 Å². The van der Waals surface area contributed by atoms with E-state index >= 15 is 0 Å². The third-order valence-corrected chi connectivity index (χ3v) is 9.08. The molecule has 6 rings (SSSR count). The monoisotopic (exact) mass is 667 g/mol. The summed E-state index contributed by atoms with van der Waals surface area (Å²) >= 11 is 0. The molecule has 3 aromatic carbocycles. The number of furan rings is 1. The van der Waals surface area contributed by atoms with Gasteiger partial charge in [-0.25, -0.2) is 0 Å². The Bertz CT molecular complexity index is 1730. The molecule has 0 amide bonds. The topological polar surface area (TPSA) is 110 Å². The molecule has 0 unspecified atom stereocenters. The molecule has 2 aliphatic heterocycles. The molecule has 0 atom stereocenters. The summed E-state index contributed by atoms with van der Waals surface area (Å²) in [7, 11) is 0. The van der Waals surface area contributed by atoms with Gasteiger partial charge < -0.3 is 31.1 Å². The SMILES string of the molecule is Cc1cc(C(C)(C)C)c2c(c1N)CCCO2.Cc1cc(C(C)(C)C)c2c(c1N)CCO2.Cc1cc(C(C)(C)C)c2occc2c1N.[Ar]. The molecule has 0 bridgehead atoms. The molecule has 47 heavy (non-hydrogen) atoms. The average molecular weight is 668 g/mol. The van der Waals surface area contributed by atoms with Crippen molar-refractivity contribution in [2.75, 3.05) is 30.4 Å². The zero-order valence-corrected chi connectivity index (χ0v) is 31.4. The third-order valence-electron chi connectivity index (χ3n) is 9.08. The fourth-order valence-corrected chi connectivity index (χ4v) is 6.24. The van der Waals surface area contributed by atoms with Gasteiger partial charge in [-0.15, -0.1) is 0 Å². The molecule has 2 aliphatic rings. The summed E-state index contributed by atoms with van der Waals surface area (Å²) in [6.07, 6.45) is 4.78. The molecule has 3 heterocycles. The number of aryl methyl sites for hydroxylation is 3. The largest absolute Gasteiger partial charge is 0.493 e. The second kappa shape index (κ2) is 14.5. The van der Waals surface area contributed by atoms with Crippen LogP contribution in [0.15, 0.2) is 34.9 Å². The van der Waals surface area contributed by atoms with Crippen LogP contribution in [0.2, 0.25) is 0 Å². The van der Waals surface area contributed by atoms with Crippen molar-refractivity contribution in [3.63, 3.8) is 0 Å². The number of nitrogens with two attached hydrogens (primary N) is 3. The van der Waals surface area contributed by atoms with E-state index in [9.17, 15) is 0 Å². The van der Waals surface area contributed by atoms with Crippen LogP contribution in [0.5, 0.6) is 11.5 Å². The Balaban J connectivity index is 0.000000190. The summed E-state index contributed by atoms with van der Waals surface area (Å²) < 4.78 is 17.1. The van der Waals surface area contributed by atoms with E-state index in [-0.39, 0.29) is 54.0 Å². The molecular formula is C40H57ArN3O3. The molecule has 6 N–H and O–H groups in total. The number of hydrogen-bond donors (Lipinski definition) is 3. The van der Waals surface area contributed by atoms with Crippen LogP contribution in [-0.2, 0) is 29.1 Å². The number of anilines is 3. The zero-order chi connectivity index (χ0) is 34.4. The van der Waals surface area contributed by atoms with Gasteiger partial charge in [0.15, 0.2) is 0 Å². The summed E-state index contributed by atoms with van der Waals surface area (Å²) in [6.45, 7) is 27.6. The molecule has 7 heteroatoms. The first-order valence-electron chi connectivity index (χ1n) is 16.6. The first kappa shape index (κ1) is 38.9. The van der Waals surface area contributed by atoms with Crippen molar-refractivity contribution in [3.05, 3.63) is 75.0 Å². The third kappa shape index (κ3) is 8.37. The first-order valence-corrected chi connectivity index (χ1v) is 16.6. The number of hydrogen-bond acceptors (Lipinski definition) is 6. The van der Waals surface area contributed by atoms with Crippen LogP contribution in [0.1, 0.15) is 113 Å². The van der Waals surface area contributed by atoms with Crippen molar-refractivity contribution in [1.82, 2.24) is 0 Å². The summed E-state index contributed by atoms with van der Waals surface area (Å²) in [5.74, 6) is 2.08. The average Bonchev–Trinajstić information content (AvgIpc) is 3.64. The molecule has 0 aliphatic carbocycles. The Morgan fingerprint density at radius 3 is 1.49 bits per heavy atom. The van der Waals surface area contributed by atoms with Crippen LogP contribution in [0, 0.1) is 58.5 Å². The van der Waals surface area contributed by atoms with Gasteiger partial charge in [-0.1, -0.05) is 62.3 Å². The van der Waals surface area contributed by atoms with Crippen LogP contribution >= 0.6 is 0 Å². The predicted octanol–water partition coefficient (Wildman–Crippen LogP) is 9.63. The second-order valence-corrected chi connectivity index (χ2v) is 16.0. The molecule has 258 valence electrons. The number of rotatable bonds is 0.